The van der Waals surface area contributed by atoms with E-state index >= 15 is 0 Å². The van der Waals surface area contributed by atoms with Gasteiger partial charge in [-0.2, -0.15) is 0 Å². The Morgan fingerprint density at radius 3 is 3.00 bits per heavy atom. The number of carboxylic acid groups (broad SMARTS) is 1. The van der Waals surface area contributed by atoms with E-state index in [1.54, 1.807) is 5.38 Å². The Labute approximate surface area is 78.8 Å². The van der Waals surface area contributed by atoms with Gasteiger partial charge in [0.25, 0.3) is 0 Å². The molecule has 2 nitrogen and oxygen atoms in total. The fraction of sp³-hybridized carbons (Fsp3) is 0.125. The standard InChI is InChI=1S/C8H5ClO2S/c9-3-1-2-7-4-6(5-12-7)8(10)11/h4-5H,3H2,(H,10,11). The summed E-state index contributed by atoms with van der Waals surface area (Å²) >= 11 is 6.64. The normalized spacial score (nSPS) is 8.75. The van der Waals surface area contributed by atoms with Crippen LogP contribution in [0.15, 0.2) is 11.4 Å². The first-order chi connectivity index (χ1) is 5.74. The predicted molar refractivity (Wildman–Crippen MR) is 48.9 cm³/mol. The van der Waals surface area contributed by atoms with E-state index in [1.165, 1.54) is 17.4 Å². The smallest absolute Gasteiger partial charge is 0.336 e. The van der Waals surface area contributed by atoms with Crippen molar-refractivity contribution in [3.8, 4) is 11.8 Å². The monoisotopic (exact) mass is 200 g/mol. The van der Waals surface area contributed by atoms with Crippen molar-refractivity contribution in [1.29, 1.82) is 0 Å². The minimum absolute atomic E-state index is 0.264. The van der Waals surface area contributed by atoms with Crippen molar-refractivity contribution in [2.24, 2.45) is 0 Å². The molecule has 4 heteroatoms. The van der Waals surface area contributed by atoms with Gasteiger partial charge in [0.2, 0.25) is 0 Å². The van der Waals surface area contributed by atoms with Crippen LogP contribution in [0.5, 0.6) is 0 Å². The zero-order valence-electron chi connectivity index (χ0n) is 6.00. The Kier molecular flexibility index (Phi) is 3.15. The van der Waals surface area contributed by atoms with E-state index in [0.29, 0.717) is 0 Å². The molecule has 0 bridgehead atoms. The lowest BCUT2D eigenvalue weighted by atomic mass is 10.3. The van der Waals surface area contributed by atoms with Crippen molar-refractivity contribution >= 4 is 28.9 Å². The molecular formula is C8H5ClO2S. The van der Waals surface area contributed by atoms with Gasteiger partial charge in [-0.15, -0.1) is 22.9 Å². The van der Waals surface area contributed by atoms with Crippen LogP contribution in [0.2, 0.25) is 0 Å². The van der Waals surface area contributed by atoms with Gasteiger partial charge in [0, 0.05) is 5.38 Å². The van der Waals surface area contributed by atoms with Crippen LogP contribution >= 0.6 is 22.9 Å². The molecule has 0 aliphatic rings. The van der Waals surface area contributed by atoms with Crippen molar-refractivity contribution in [3.05, 3.63) is 21.9 Å². The van der Waals surface area contributed by atoms with Crippen LogP contribution in [-0.4, -0.2) is 17.0 Å². The molecular weight excluding hydrogens is 196 g/mol. The lowest BCUT2D eigenvalue weighted by Crippen LogP contribution is -1.91. The van der Waals surface area contributed by atoms with Gasteiger partial charge in [0.15, 0.2) is 0 Å². The first kappa shape index (κ1) is 9.11. The van der Waals surface area contributed by atoms with E-state index in [2.05, 4.69) is 11.8 Å². The number of thiophene rings is 1. The van der Waals surface area contributed by atoms with Crippen molar-refractivity contribution < 1.29 is 9.90 Å². The van der Waals surface area contributed by atoms with Crippen molar-refractivity contribution in [2.75, 3.05) is 5.88 Å². The molecule has 0 unspecified atom stereocenters. The molecule has 0 radical (unpaired) electrons. The van der Waals surface area contributed by atoms with Crippen molar-refractivity contribution in [1.82, 2.24) is 0 Å². The summed E-state index contributed by atoms with van der Waals surface area (Å²) < 4.78 is 0. The topological polar surface area (TPSA) is 37.3 Å². The summed E-state index contributed by atoms with van der Waals surface area (Å²) in [6.45, 7) is 0. The molecule has 1 aromatic heterocycles. The molecule has 0 saturated heterocycles. The lowest BCUT2D eigenvalue weighted by molar-refractivity contribution is 0.0697. The van der Waals surface area contributed by atoms with Crippen LogP contribution in [0.25, 0.3) is 0 Å². The number of rotatable bonds is 1. The van der Waals surface area contributed by atoms with E-state index in [4.69, 9.17) is 16.7 Å². The van der Waals surface area contributed by atoms with Gasteiger partial charge in [-0.3, -0.25) is 0 Å². The second kappa shape index (κ2) is 4.15. The summed E-state index contributed by atoms with van der Waals surface area (Å²) in [5.41, 5.74) is 0.277. The molecule has 0 aromatic carbocycles. The maximum Gasteiger partial charge on any atom is 0.336 e. The molecule has 0 aliphatic heterocycles. The largest absolute Gasteiger partial charge is 0.478 e. The van der Waals surface area contributed by atoms with Gasteiger partial charge in [-0.05, 0) is 6.07 Å². The highest BCUT2D eigenvalue weighted by atomic mass is 35.5. The minimum atomic E-state index is -0.926. The molecule has 62 valence electrons. The van der Waals surface area contributed by atoms with Gasteiger partial charge in [-0.25, -0.2) is 4.79 Å². The lowest BCUT2D eigenvalue weighted by Gasteiger charge is -1.80. The molecule has 0 aliphatic carbocycles. The van der Waals surface area contributed by atoms with E-state index in [0.717, 1.165) is 4.88 Å². The van der Waals surface area contributed by atoms with Crippen LogP contribution in [0.3, 0.4) is 0 Å². The zero-order chi connectivity index (χ0) is 8.97. The van der Waals surface area contributed by atoms with Gasteiger partial charge in [0.05, 0.1) is 16.3 Å². The number of carboxylic acids is 1. The van der Waals surface area contributed by atoms with Gasteiger partial charge in [0.1, 0.15) is 0 Å². The average Bonchev–Trinajstić information content (AvgIpc) is 2.48. The highest BCUT2D eigenvalue weighted by Gasteiger charge is 2.03. The van der Waals surface area contributed by atoms with E-state index in [9.17, 15) is 4.79 Å². The molecule has 12 heavy (non-hydrogen) atoms. The highest BCUT2D eigenvalue weighted by molar-refractivity contribution is 7.10. The van der Waals surface area contributed by atoms with Crippen LogP contribution in [0.1, 0.15) is 15.2 Å². The van der Waals surface area contributed by atoms with Crippen molar-refractivity contribution in [2.45, 2.75) is 0 Å². The maximum atomic E-state index is 10.4. The number of alkyl halides is 1. The molecule has 1 heterocycles. The number of hydrogen-bond acceptors (Lipinski definition) is 2. The van der Waals surface area contributed by atoms with Crippen molar-refractivity contribution in [3.63, 3.8) is 0 Å². The third-order valence-corrected chi connectivity index (χ3v) is 2.10. The van der Waals surface area contributed by atoms with E-state index in [1.807, 2.05) is 0 Å². The summed E-state index contributed by atoms with van der Waals surface area (Å²) in [4.78, 5) is 11.2. The molecule has 0 saturated carbocycles. The first-order valence-corrected chi connectivity index (χ1v) is 4.52. The van der Waals surface area contributed by atoms with Crippen LogP contribution in [0, 0.1) is 11.8 Å². The Hall–Kier alpha value is -0.980. The summed E-state index contributed by atoms with van der Waals surface area (Å²) in [5, 5.41) is 10.1. The third kappa shape index (κ3) is 2.26. The van der Waals surface area contributed by atoms with Crippen LogP contribution in [-0.2, 0) is 0 Å². The molecule has 0 atom stereocenters. The van der Waals surface area contributed by atoms with E-state index < -0.39 is 5.97 Å². The molecule has 1 N–H and O–H groups in total. The molecule has 0 amide bonds. The quantitative estimate of drug-likeness (QED) is 0.557. The third-order valence-electron chi connectivity index (χ3n) is 1.12. The molecule has 1 rings (SSSR count). The minimum Gasteiger partial charge on any atom is -0.478 e. The number of halogens is 1. The van der Waals surface area contributed by atoms with Crippen LogP contribution < -0.4 is 0 Å². The zero-order valence-corrected chi connectivity index (χ0v) is 7.58. The molecule has 0 fully saturated rings. The average molecular weight is 201 g/mol. The number of hydrogen-bond donors (Lipinski definition) is 1. The predicted octanol–water partition coefficient (Wildman–Crippen LogP) is 2.04. The fourth-order valence-corrected chi connectivity index (χ4v) is 1.45. The molecule has 0 spiro atoms. The number of carbonyl (C=O) groups is 1. The van der Waals surface area contributed by atoms with Gasteiger partial charge < -0.3 is 5.11 Å². The maximum absolute atomic E-state index is 10.4. The summed E-state index contributed by atoms with van der Waals surface area (Å²) in [7, 11) is 0. The Morgan fingerprint density at radius 1 is 1.75 bits per heavy atom. The highest BCUT2D eigenvalue weighted by Crippen LogP contribution is 2.12. The second-order valence-corrected chi connectivity index (χ2v) is 3.12. The van der Waals surface area contributed by atoms with Gasteiger partial charge >= 0.3 is 5.97 Å². The van der Waals surface area contributed by atoms with Crippen LogP contribution in [0.4, 0.5) is 0 Å². The summed E-state index contributed by atoms with van der Waals surface area (Å²) in [5.74, 6) is 4.73. The molecule has 1 aromatic rings. The number of aromatic carboxylic acids is 1. The Bertz CT molecular complexity index is 345. The summed E-state index contributed by atoms with van der Waals surface area (Å²) in [6.07, 6.45) is 0. The Morgan fingerprint density at radius 2 is 2.50 bits per heavy atom. The SMILES string of the molecule is O=C(O)c1csc(C#CCCl)c1. The summed E-state index contributed by atoms with van der Waals surface area (Å²) in [6, 6.07) is 1.53. The van der Waals surface area contributed by atoms with Gasteiger partial charge in [-0.1, -0.05) is 11.8 Å². The first-order valence-electron chi connectivity index (χ1n) is 3.10. The Balaban J connectivity index is 2.84. The fourth-order valence-electron chi connectivity index (χ4n) is 0.634. The van der Waals surface area contributed by atoms with E-state index in [-0.39, 0.29) is 11.4 Å². The second-order valence-electron chi connectivity index (χ2n) is 1.94.